The zero-order valence-electron chi connectivity index (χ0n) is 16.2. The fourth-order valence-electron chi connectivity index (χ4n) is 2.98. The number of carbonyl (C=O) groups is 2. The number of hydrogen-bond donors (Lipinski definition) is 1. The minimum absolute atomic E-state index is 0.246. The normalized spacial score (nSPS) is 10.9. The molecule has 0 aliphatic heterocycles. The summed E-state index contributed by atoms with van der Waals surface area (Å²) in [6.07, 6.45) is 0. The van der Waals surface area contributed by atoms with Gasteiger partial charge in [0.1, 0.15) is 11.5 Å². The van der Waals surface area contributed by atoms with Crippen LogP contribution in [0.1, 0.15) is 33.4 Å². The molecule has 0 bridgehead atoms. The minimum atomic E-state index is -0.475. The molecule has 0 aliphatic rings. The fraction of sp³-hybridized carbons (Fsp3) is 0.300. The van der Waals surface area contributed by atoms with Crippen molar-refractivity contribution in [2.45, 2.75) is 34.2 Å². The number of esters is 1. The number of ether oxygens (including phenoxy) is 1. The lowest BCUT2D eigenvalue weighted by atomic mass is 10.1. The van der Waals surface area contributed by atoms with Crippen LogP contribution in [0.3, 0.4) is 0 Å². The third-order valence-corrected chi connectivity index (χ3v) is 5.59. The zero-order valence-corrected chi connectivity index (χ0v) is 17.0. The van der Waals surface area contributed by atoms with Crippen molar-refractivity contribution < 1.29 is 14.3 Å². The first-order chi connectivity index (χ1) is 13.3. The molecule has 146 valence electrons. The molecule has 1 N–H and O–H groups in total. The van der Waals surface area contributed by atoms with E-state index in [0.717, 1.165) is 20.5 Å². The van der Waals surface area contributed by atoms with Gasteiger partial charge in [-0.2, -0.15) is 5.10 Å². The molecule has 1 amide bonds. The van der Waals surface area contributed by atoms with Gasteiger partial charge in [0.15, 0.2) is 0 Å². The van der Waals surface area contributed by atoms with Gasteiger partial charge in [0, 0.05) is 10.3 Å². The van der Waals surface area contributed by atoms with Crippen LogP contribution < -0.4 is 10.9 Å². The van der Waals surface area contributed by atoms with E-state index >= 15 is 0 Å². The highest BCUT2D eigenvalue weighted by Gasteiger charge is 2.22. The Morgan fingerprint density at radius 2 is 1.86 bits per heavy atom. The highest BCUT2D eigenvalue weighted by Crippen LogP contribution is 2.33. The molecule has 0 radical (unpaired) electrons. The molecule has 7 nitrogen and oxygen atoms in total. The average molecular weight is 399 g/mol. The Labute approximate surface area is 165 Å². The number of anilines is 1. The summed E-state index contributed by atoms with van der Waals surface area (Å²) >= 11 is 1.30. The molecule has 0 spiro atoms. The first-order valence-electron chi connectivity index (χ1n) is 8.86. The van der Waals surface area contributed by atoms with Crippen molar-refractivity contribution in [2.24, 2.45) is 0 Å². The Morgan fingerprint density at radius 1 is 1.18 bits per heavy atom. The van der Waals surface area contributed by atoms with Crippen LogP contribution >= 0.6 is 11.3 Å². The Kier molecular flexibility index (Phi) is 5.60. The smallest absolute Gasteiger partial charge is 0.341 e. The number of benzene rings is 1. The van der Waals surface area contributed by atoms with Crippen LogP contribution in [0.25, 0.3) is 10.8 Å². The average Bonchev–Trinajstić information content (AvgIpc) is 2.93. The van der Waals surface area contributed by atoms with Gasteiger partial charge in [0.05, 0.1) is 23.3 Å². The van der Waals surface area contributed by atoms with Crippen LogP contribution in [-0.4, -0.2) is 28.3 Å². The predicted molar refractivity (Wildman–Crippen MR) is 109 cm³/mol. The summed E-state index contributed by atoms with van der Waals surface area (Å²) in [7, 11) is 0. The fourth-order valence-corrected chi connectivity index (χ4v) is 4.04. The molecule has 0 aliphatic carbocycles. The topological polar surface area (TPSA) is 90.3 Å². The molecular weight excluding hydrogens is 378 g/mol. The second kappa shape index (κ2) is 7.93. The van der Waals surface area contributed by atoms with Crippen LogP contribution in [0.4, 0.5) is 5.00 Å². The van der Waals surface area contributed by atoms with Crippen molar-refractivity contribution in [2.75, 3.05) is 11.9 Å². The monoisotopic (exact) mass is 399 g/mol. The quantitative estimate of drug-likeness (QED) is 0.666. The van der Waals surface area contributed by atoms with Crippen LogP contribution in [0.2, 0.25) is 0 Å². The lowest BCUT2D eigenvalue weighted by molar-refractivity contribution is -0.116. The van der Waals surface area contributed by atoms with Crippen molar-refractivity contribution >= 4 is 39.0 Å². The van der Waals surface area contributed by atoms with Gasteiger partial charge in [-0.15, -0.1) is 11.3 Å². The summed E-state index contributed by atoms with van der Waals surface area (Å²) < 4.78 is 6.24. The van der Waals surface area contributed by atoms with Gasteiger partial charge in [-0.3, -0.25) is 9.59 Å². The maximum Gasteiger partial charge on any atom is 0.341 e. The maximum absolute atomic E-state index is 12.6. The molecular formula is C20H21N3O4S. The number of nitrogens with zero attached hydrogens (tertiary/aromatic N) is 2. The highest BCUT2D eigenvalue weighted by atomic mass is 32.1. The number of aryl methyl sites for hydroxylation is 2. The van der Waals surface area contributed by atoms with Gasteiger partial charge < -0.3 is 10.1 Å². The molecule has 28 heavy (non-hydrogen) atoms. The van der Waals surface area contributed by atoms with E-state index in [9.17, 15) is 14.4 Å². The first kappa shape index (κ1) is 19.8. The second-order valence-electron chi connectivity index (χ2n) is 6.35. The number of nitrogens with one attached hydrogen (secondary N) is 1. The van der Waals surface area contributed by atoms with E-state index in [4.69, 9.17) is 4.74 Å². The summed E-state index contributed by atoms with van der Waals surface area (Å²) in [6, 6.07) is 7.15. The van der Waals surface area contributed by atoms with Crippen molar-refractivity contribution in [1.29, 1.82) is 0 Å². The van der Waals surface area contributed by atoms with E-state index < -0.39 is 11.9 Å². The predicted octanol–water partition coefficient (Wildman–Crippen LogP) is 3.20. The van der Waals surface area contributed by atoms with Crippen molar-refractivity contribution in [3.8, 4) is 0 Å². The van der Waals surface area contributed by atoms with Gasteiger partial charge >= 0.3 is 5.97 Å². The van der Waals surface area contributed by atoms with Gasteiger partial charge in [0.2, 0.25) is 5.91 Å². The van der Waals surface area contributed by atoms with Crippen LogP contribution in [0, 0.1) is 20.8 Å². The van der Waals surface area contributed by atoms with Gasteiger partial charge in [-0.05, 0) is 39.3 Å². The molecule has 2 aromatic heterocycles. The SMILES string of the molecule is CCOC(=O)c1c(NC(=O)Cn2nc(C)c3ccccc3c2=O)sc(C)c1C. The minimum Gasteiger partial charge on any atom is -0.462 e. The Hall–Kier alpha value is -3.00. The highest BCUT2D eigenvalue weighted by molar-refractivity contribution is 7.16. The van der Waals surface area contributed by atoms with Gasteiger partial charge in [0.25, 0.3) is 5.56 Å². The maximum atomic E-state index is 12.6. The van der Waals surface area contributed by atoms with Crippen LogP contribution in [0.5, 0.6) is 0 Å². The molecule has 1 aromatic carbocycles. The number of carbonyl (C=O) groups excluding carboxylic acids is 2. The summed E-state index contributed by atoms with van der Waals surface area (Å²) in [5.41, 5.74) is 1.46. The number of thiophene rings is 1. The largest absolute Gasteiger partial charge is 0.462 e. The third kappa shape index (κ3) is 3.68. The number of hydrogen-bond acceptors (Lipinski definition) is 6. The summed E-state index contributed by atoms with van der Waals surface area (Å²) in [6.45, 7) is 7.20. The molecule has 0 fully saturated rings. The number of rotatable bonds is 5. The van der Waals surface area contributed by atoms with Crippen molar-refractivity contribution in [3.63, 3.8) is 0 Å². The van der Waals surface area contributed by atoms with E-state index in [-0.39, 0.29) is 18.7 Å². The summed E-state index contributed by atoms with van der Waals surface area (Å²) in [5.74, 6) is -0.910. The molecule has 0 atom stereocenters. The molecule has 0 saturated carbocycles. The van der Waals surface area contributed by atoms with E-state index in [2.05, 4.69) is 10.4 Å². The van der Waals surface area contributed by atoms with E-state index in [1.807, 2.05) is 26.0 Å². The molecule has 0 unspecified atom stereocenters. The second-order valence-corrected chi connectivity index (χ2v) is 7.57. The van der Waals surface area contributed by atoms with Gasteiger partial charge in [-0.1, -0.05) is 18.2 Å². The Morgan fingerprint density at radius 3 is 2.54 bits per heavy atom. The lowest BCUT2D eigenvalue weighted by Crippen LogP contribution is -2.30. The molecule has 2 heterocycles. The Bertz CT molecular complexity index is 1130. The Balaban J connectivity index is 1.89. The standard InChI is InChI=1S/C20H21N3O4S/c1-5-27-20(26)17-11(2)13(4)28-18(17)21-16(24)10-23-19(25)15-9-7-6-8-14(15)12(3)22-23/h6-9H,5,10H2,1-4H3,(H,21,24). The van der Waals surface area contributed by atoms with Crippen LogP contribution in [0.15, 0.2) is 29.1 Å². The van der Waals surface area contributed by atoms with E-state index in [1.54, 1.807) is 26.0 Å². The number of amides is 1. The summed E-state index contributed by atoms with van der Waals surface area (Å²) in [5, 5.41) is 8.68. The number of aromatic nitrogens is 2. The molecule has 3 aromatic rings. The van der Waals surface area contributed by atoms with E-state index in [0.29, 0.717) is 21.6 Å². The van der Waals surface area contributed by atoms with Crippen molar-refractivity contribution in [3.05, 3.63) is 56.3 Å². The van der Waals surface area contributed by atoms with Crippen LogP contribution in [-0.2, 0) is 16.1 Å². The first-order valence-corrected chi connectivity index (χ1v) is 9.68. The lowest BCUT2D eigenvalue weighted by Gasteiger charge is -2.10. The van der Waals surface area contributed by atoms with Crippen molar-refractivity contribution in [1.82, 2.24) is 9.78 Å². The van der Waals surface area contributed by atoms with E-state index in [1.165, 1.54) is 11.3 Å². The molecule has 0 saturated heterocycles. The third-order valence-electron chi connectivity index (χ3n) is 4.46. The molecule has 8 heteroatoms. The van der Waals surface area contributed by atoms with Gasteiger partial charge in [-0.25, -0.2) is 9.48 Å². The number of fused-ring (bicyclic) bond motifs is 1. The zero-order chi connectivity index (χ0) is 20.4. The molecule has 3 rings (SSSR count). The summed E-state index contributed by atoms with van der Waals surface area (Å²) in [4.78, 5) is 38.4.